The molecule has 0 spiro atoms. The van der Waals surface area contributed by atoms with E-state index in [2.05, 4.69) is 19.9 Å². The summed E-state index contributed by atoms with van der Waals surface area (Å²) < 4.78 is 17.3. The number of hydrogen-bond donors (Lipinski definition) is 2. The molecular weight excluding hydrogens is 928 g/mol. The Hall–Kier alpha value is -7.88. The SMILES string of the molecule is COc1cccc(-c2cc(=O)n(C)c3ncc([C@@](O)(c4ccc(Cl)cc4)c4cncn4C)cc23)c1.COc1cccc(-c2cc(=O)n(C)c3ncc([C@](O)(c4ccc(Cl)cc4)c4cncn4C)cc23)c1. The Kier molecular flexibility index (Phi) is 12.7. The van der Waals surface area contributed by atoms with Gasteiger partial charge in [0.15, 0.2) is 11.2 Å². The van der Waals surface area contributed by atoms with Crippen LogP contribution in [0, 0.1) is 0 Å². The van der Waals surface area contributed by atoms with E-state index in [4.69, 9.17) is 32.7 Å². The summed E-state index contributed by atoms with van der Waals surface area (Å²) in [6, 6.07) is 36.0. The second-order valence-corrected chi connectivity index (χ2v) is 17.7. The van der Waals surface area contributed by atoms with Crippen LogP contribution in [0.5, 0.6) is 11.5 Å². The molecule has 2 atom stereocenters. The van der Waals surface area contributed by atoms with E-state index in [1.165, 1.54) is 9.13 Å². The van der Waals surface area contributed by atoms with Crippen molar-refractivity contribution in [3.05, 3.63) is 223 Å². The molecule has 0 fully saturated rings. The number of imidazole rings is 2. The summed E-state index contributed by atoms with van der Waals surface area (Å²) in [7, 11) is 10.2. The molecule has 10 rings (SSSR count). The molecule has 2 N–H and O–H groups in total. The molecule has 0 bridgehead atoms. The maximum Gasteiger partial charge on any atom is 0.252 e. The number of halogens is 2. The smallest absolute Gasteiger partial charge is 0.252 e. The molecule has 0 radical (unpaired) electrons. The van der Waals surface area contributed by atoms with Crippen molar-refractivity contribution in [3.63, 3.8) is 0 Å². The molecule has 0 saturated carbocycles. The van der Waals surface area contributed by atoms with Crippen LogP contribution in [0.15, 0.2) is 168 Å². The van der Waals surface area contributed by atoms with Crippen LogP contribution in [0.25, 0.3) is 44.3 Å². The van der Waals surface area contributed by atoms with Crippen molar-refractivity contribution >= 4 is 45.3 Å². The minimum Gasteiger partial charge on any atom is -0.497 e. The number of nitrogens with zero attached hydrogens (tertiary/aromatic N) is 8. The molecule has 0 unspecified atom stereocenters. The van der Waals surface area contributed by atoms with Gasteiger partial charge in [-0.3, -0.25) is 18.7 Å². The lowest BCUT2D eigenvalue weighted by atomic mass is 9.83. The third-order valence-corrected chi connectivity index (χ3v) is 13.1. The molecule has 10 aromatic rings. The molecule has 16 heteroatoms. The fourth-order valence-electron chi connectivity index (χ4n) is 8.82. The molecular formula is C54H46Cl2N8O6. The van der Waals surface area contributed by atoms with Crippen LogP contribution in [0.4, 0.5) is 0 Å². The number of pyridine rings is 4. The number of rotatable bonds is 10. The van der Waals surface area contributed by atoms with Crippen LogP contribution in [-0.2, 0) is 39.4 Å². The van der Waals surface area contributed by atoms with Crippen LogP contribution in [0.2, 0.25) is 10.0 Å². The first-order chi connectivity index (χ1) is 33.6. The first-order valence-corrected chi connectivity index (χ1v) is 22.6. The Bertz CT molecular complexity index is 3460. The third kappa shape index (κ3) is 8.40. The zero-order valence-electron chi connectivity index (χ0n) is 38.9. The molecule has 14 nitrogen and oxygen atoms in total. The molecule has 0 aliphatic heterocycles. The Balaban J connectivity index is 0.000000174. The molecule has 0 aliphatic rings. The number of ether oxygens (including phenoxy) is 2. The second-order valence-electron chi connectivity index (χ2n) is 16.8. The van der Waals surface area contributed by atoms with E-state index in [1.807, 2.05) is 74.8 Å². The predicted molar refractivity (Wildman–Crippen MR) is 271 cm³/mol. The lowest BCUT2D eigenvalue weighted by Crippen LogP contribution is -2.31. The lowest BCUT2D eigenvalue weighted by molar-refractivity contribution is 0.117. The van der Waals surface area contributed by atoms with Crippen LogP contribution >= 0.6 is 23.2 Å². The Morgan fingerprint density at radius 3 is 1.23 bits per heavy atom. The predicted octanol–water partition coefficient (Wildman–Crippen LogP) is 8.56. The van der Waals surface area contributed by atoms with E-state index in [-0.39, 0.29) is 11.1 Å². The maximum atomic E-state index is 12.8. The van der Waals surface area contributed by atoms with Gasteiger partial charge < -0.3 is 28.8 Å². The molecule has 0 aliphatic carbocycles. The van der Waals surface area contributed by atoms with Crippen molar-refractivity contribution in [2.24, 2.45) is 28.2 Å². The van der Waals surface area contributed by atoms with Gasteiger partial charge in [-0.1, -0.05) is 71.7 Å². The highest BCUT2D eigenvalue weighted by atomic mass is 35.5. The van der Waals surface area contributed by atoms with Gasteiger partial charge in [-0.05, 0) is 94.0 Å². The summed E-state index contributed by atoms with van der Waals surface area (Å²) in [5.41, 5.74) is 3.89. The molecule has 70 heavy (non-hydrogen) atoms. The van der Waals surface area contributed by atoms with Gasteiger partial charge in [0.25, 0.3) is 11.1 Å². The summed E-state index contributed by atoms with van der Waals surface area (Å²) in [4.78, 5) is 43.3. The van der Waals surface area contributed by atoms with Crippen molar-refractivity contribution in [1.29, 1.82) is 0 Å². The van der Waals surface area contributed by atoms with Gasteiger partial charge >= 0.3 is 0 Å². The van der Waals surface area contributed by atoms with Crippen molar-refractivity contribution in [1.82, 2.24) is 38.2 Å². The van der Waals surface area contributed by atoms with Crippen molar-refractivity contribution in [2.75, 3.05) is 14.2 Å². The number of aliphatic hydroxyl groups is 2. The van der Waals surface area contributed by atoms with Crippen molar-refractivity contribution in [2.45, 2.75) is 11.2 Å². The van der Waals surface area contributed by atoms with Gasteiger partial charge in [-0.2, -0.15) is 0 Å². The average Bonchev–Trinajstić information content (AvgIpc) is 4.03. The van der Waals surface area contributed by atoms with Gasteiger partial charge in [-0.25, -0.2) is 19.9 Å². The summed E-state index contributed by atoms with van der Waals surface area (Å²) >= 11 is 12.3. The Labute approximate surface area is 411 Å². The highest BCUT2D eigenvalue weighted by Crippen LogP contribution is 2.41. The zero-order valence-corrected chi connectivity index (χ0v) is 40.4. The number of aryl methyl sites for hydroxylation is 4. The minimum atomic E-state index is -1.57. The molecule has 0 saturated heterocycles. The molecule has 6 aromatic heterocycles. The number of hydrogen-bond acceptors (Lipinski definition) is 10. The average molecular weight is 974 g/mol. The highest BCUT2D eigenvalue weighted by molar-refractivity contribution is 6.30. The van der Waals surface area contributed by atoms with Crippen LogP contribution < -0.4 is 20.6 Å². The zero-order chi connectivity index (χ0) is 49.5. The first-order valence-electron chi connectivity index (χ1n) is 21.9. The highest BCUT2D eigenvalue weighted by Gasteiger charge is 2.39. The Morgan fingerprint density at radius 2 is 0.886 bits per heavy atom. The number of fused-ring (bicyclic) bond motifs is 2. The molecule has 0 amide bonds. The second kappa shape index (κ2) is 18.9. The van der Waals surface area contributed by atoms with Crippen LogP contribution in [0.1, 0.15) is 33.6 Å². The van der Waals surface area contributed by atoms with Crippen molar-refractivity contribution < 1.29 is 19.7 Å². The summed E-state index contributed by atoms with van der Waals surface area (Å²) in [5, 5.41) is 27.1. The quantitative estimate of drug-likeness (QED) is 0.136. The van der Waals surface area contributed by atoms with Gasteiger partial charge in [0.1, 0.15) is 22.8 Å². The van der Waals surface area contributed by atoms with Crippen LogP contribution in [-0.4, -0.2) is 62.6 Å². The van der Waals surface area contributed by atoms with Gasteiger partial charge in [0.05, 0.1) is 50.7 Å². The van der Waals surface area contributed by atoms with Crippen molar-refractivity contribution in [3.8, 4) is 33.8 Å². The van der Waals surface area contributed by atoms with Gasteiger partial charge in [-0.15, -0.1) is 0 Å². The third-order valence-electron chi connectivity index (χ3n) is 12.6. The fourth-order valence-corrected chi connectivity index (χ4v) is 9.08. The maximum absolute atomic E-state index is 12.8. The summed E-state index contributed by atoms with van der Waals surface area (Å²) in [6.07, 6.45) is 9.72. The van der Waals surface area contributed by atoms with E-state index >= 15 is 0 Å². The standard InChI is InChI=1S/2C27H23ClN4O3/c2*1-31-16-29-15-24(31)27(34,18-7-9-20(28)10-8-18)19-12-23-22(17-5-4-6-21(11-17)35-3)13-25(33)32(2)26(23)30-14-19/h2*4-16,34H,1-3H3/t2*27-/m10/s1. The van der Waals surface area contributed by atoms with E-state index in [0.717, 1.165) is 11.1 Å². The van der Waals surface area contributed by atoms with Crippen LogP contribution in [0.3, 0.4) is 0 Å². The largest absolute Gasteiger partial charge is 0.497 e. The van der Waals surface area contributed by atoms with E-state index in [9.17, 15) is 19.8 Å². The van der Waals surface area contributed by atoms with E-state index in [0.29, 0.717) is 88.4 Å². The van der Waals surface area contributed by atoms with Gasteiger partial charge in [0.2, 0.25) is 0 Å². The van der Waals surface area contributed by atoms with E-state index < -0.39 is 11.2 Å². The number of benzene rings is 4. The molecule has 4 aromatic carbocycles. The fraction of sp³-hybridized carbons (Fsp3) is 0.148. The van der Waals surface area contributed by atoms with E-state index in [1.54, 1.807) is 136 Å². The normalized spacial score (nSPS) is 13.1. The topological polar surface area (TPSA) is 164 Å². The summed E-state index contributed by atoms with van der Waals surface area (Å²) in [5.74, 6) is 1.35. The number of methoxy groups -OCH3 is 2. The minimum absolute atomic E-state index is 0.185. The number of aromatic nitrogens is 8. The summed E-state index contributed by atoms with van der Waals surface area (Å²) in [6.45, 7) is 0. The molecule has 6 heterocycles. The first kappa shape index (κ1) is 47.2. The monoisotopic (exact) mass is 972 g/mol. The Morgan fingerprint density at radius 1 is 0.500 bits per heavy atom. The lowest BCUT2D eigenvalue weighted by Gasteiger charge is -2.30. The van der Waals surface area contributed by atoms with Gasteiger partial charge in [0, 0.05) is 84.7 Å². The molecule has 352 valence electrons.